The molecule has 2 N–H and O–H groups in total. The predicted molar refractivity (Wildman–Crippen MR) is 123 cm³/mol. The highest BCUT2D eigenvalue weighted by atomic mass is 32.2. The van der Waals surface area contributed by atoms with Gasteiger partial charge in [0, 0.05) is 18.9 Å². The van der Waals surface area contributed by atoms with Crippen LogP contribution in [0, 0.1) is 5.82 Å². The van der Waals surface area contributed by atoms with Crippen molar-refractivity contribution in [2.45, 2.75) is 50.5 Å². The molecule has 1 aliphatic heterocycles. The summed E-state index contributed by atoms with van der Waals surface area (Å²) >= 11 is 0. The molecule has 0 saturated carbocycles. The van der Waals surface area contributed by atoms with Gasteiger partial charge < -0.3 is 5.32 Å². The fraction of sp³-hybridized carbons (Fsp3) is 0.348. The zero-order valence-electron chi connectivity index (χ0n) is 18.9. The first-order valence-electron chi connectivity index (χ1n) is 10.6. The molecule has 8 nitrogen and oxygen atoms in total. The molecule has 3 aromatic rings. The zero-order chi connectivity index (χ0) is 24.0. The van der Waals surface area contributed by atoms with Crippen LogP contribution >= 0.6 is 0 Å². The third-order valence-electron chi connectivity index (χ3n) is 5.72. The molecule has 0 radical (unpaired) electrons. The highest BCUT2D eigenvalue weighted by Gasteiger charge is 2.27. The van der Waals surface area contributed by atoms with E-state index in [1.165, 1.54) is 29.2 Å². The van der Waals surface area contributed by atoms with Crippen molar-refractivity contribution in [2.24, 2.45) is 0 Å². The summed E-state index contributed by atoms with van der Waals surface area (Å²) in [5, 5.41) is 7.46. The summed E-state index contributed by atoms with van der Waals surface area (Å²) in [5.41, 5.74) is 1.80. The van der Waals surface area contributed by atoms with Crippen LogP contribution in [0.1, 0.15) is 44.7 Å². The Hall–Kier alpha value is -3.27. The van der Waals surface area contributed by atoms with Crippen LogP contribution in [-0.2, 0) is 26.8 Å². The second-order valence-corrected chi connectivity index (χ2v) is 10.8. The van der Waals surface area contributed by atoms with Crippen LogP contribution in [0.15, 0.2) is 47.8 Å². The molecule has 3 heterocycles. The summed E-state index contributed by atoms with van der Waals surface area (Å²) in [6, 6.07) is 6.30. The standard InChI is InChI=1S/C23H26FN5O3S/c1-14(2)18-8-16(24)9-19-15-5-6-25-21(7-15)26-13-23(3,4)29-12-17(11-27-29)33(31,32)28-22(30)10-20(18)19/h5-9,11-12,14H,10,13H2,1-4H3,(H,25,26)(H,28,30). The maximum atomic E-state index is 14.6. The Morgan fingerprint density at radius 1 is 1.21 bits per heavy atom. The van der Waals surface area contributed by atoms with Gasteiger partial charge in [0.2, 0.25) is 5.91 Å². The molecule has 10 heteroatoms. The number of pyridine rings is 1. The largest absolute Gasteiger partial charge is 0.368 e. The number of carbonyl (C=O) groups is 1. The van der Waals surface area contributed by atoms with Crippen molar-refractivity contribution < 1.29 is 17.6 Å². The highest BCUT2D eigenvalue weighted by molar-refractivity contribution is 7.90. The molecule has 0 fully saturated rings. The number of nitrogens with zero attached hydrogens (tertiary/aromatic N) is 3. The first kappa shape index (κ1) is 22.9. The second kappa shape index (κ2) is 8.26. The van der Waals surface area contributed by atoms with Crippen LogP contribution in [0.2, 0.25) is 0 Å². The minimum absolute atomic E-state index is 0.0839. The van der Waals surface area contributed by atoms with E-state index in [4.69, 9.17) is 0 Å². The Bertz CT molecular complexity index is 1330. The number of amides is 1. The van der Waals surface area contributed by atoms with E-state index < -0.39 is 27.3 Å². The number of benzene rings is 1. The molecular weight excluding hydrogens is 445 g/mol. The lowest BCUT2D eigenvalue weighted by Crippen LogP contribution is -2.35. The minimum atomic E-state index is -4.13. The number of fused-ring (bicyclic) bond motifs is 6. The first-order chi connectivity index (χ1) is 15.5. The average molecular weight is 472 g/mol. The lowest BCUT2D eigenvalue weighted by Gasteiger charge is -2.26. The third-order valence-corrected chi connectivity index (χ3v) is 7.05. The summed E-state index contributed by atoms with van der Waals surface area (Å²) in [7, 11) is -4.13. The van der Waals surface area contributed by atoms with Crippen molar-refractivity contribution in [1.82, 2.24) is 19.5 Å². The fourth-order valence-electron chi connectivity index (χ4n) is 3.89. The summed E-state index contributed by atoms with van der Waals surface area (Å²) in [5.74, 6) is -0.651. The van der Waals surface area contributed by atoms with Gasteiger partial charge in [-0.2, -0.15) is 5.10 Å². The lowest BCUT2D eigenvalue weighted by atomic mass is 9.88. The topological polar surface area (TPSA) is 106 Å². The van der Waals surface area contributed by atoms with Crippen LogP contribution in [0.3, 0.4) is 0 Å². The third kappa shape index (κ3) is 4.61. The molecule has 0 saturated heterocycles. The average Bonchev–Trinajstić information content (AvgIpc) is 3.25. The molecule has 1 aromatic carbocycles. The second-order valence-electron chi connectivity index (χ2n) is 9.10. The van der Waals surface area contributed by atoms with E-state index in [9.17, 15) is 17.6 Å². The van der Waals surface area contributed by atoms with E-state index in [-0.39, 0.29) is 17.2 Å². The minimum Gasteiger partial charge on any atom is -0.368 e. The number of carbonyl (C=O) groups excluding carboxylic acids is 1. The lowest BCUT2D eigenvalue weighted by molar-refractivity contribution is -0.118. The van der Waals surface area contributed by atoms with Gasteiger partial charge in [0.15, 0.2) is 0 Å². The van der Waals surface area contributed by atoms with E-state index in [2.05, 4.69) is 20.1 Å². The van der Waals surface area contributed by atoms with Gasteiger partial charge in [-0.25, -0.2) is 22.5 Å². The molecule has 2 aromatic heterocycles. The summed E-state index contributed by atoms with van der Waals surface area (Å²) in [6.45, 7) is 7.97. The summed E-state index contributed by atoms with van der Waals surface area (Å²) in [6.07, 6.45) is 3.99. The Balaban J connectivity index is 1.91. The molecule has 0 unspecified atom stereocenters. The number of sulfonamides is 1. The molecule has 1 amide bonds. The van der Waals surface area contributed by atoms with Crippen molar-refractivity contribution in [3.8, 4) is 11.1 Å². The number of halogens is 1. The van der Waals surface area contributed by atoms with Crippen LogP contribution in [0.25, 0.3) is 11.1 Å². The first-order valence-corrected chi connectivity index (χ1v) is 12.1. The molecule has 4 bridgehead atoms. The maximum Gasteiger partial charge on any atom is 0.267 e. The van der Waals surface area contributed by atoms with Gasteiger partial charge in [0.25, 0.3) is 10.0 Å². The van der Waals surface area contributed by atoms with E-state index in [1.54, 1.807) is 18.3 Å². The van der Waals surface area contributed by atoms with Crippen LogP contribution < -0.4 is 10.0 Å². The number of hydrogen-bond donors (Lipinski definition) is 2. The Morgan fingerprint density at radius 3 is 2.70 bits per heavy atom. The molecular formula is C23H26FN5O3S. The van der Waals surface area contributed by atoms with E-state index in [1.807, 2.05) is 27.7 Å². The number of hydrogen-bond acceptors (Lipinski definition) is 6. The molecule has 1 aliphatic rings. The molecule has 0 spiro atoms. The molecule has 0 atom stereocenters. The van der Waals surface area contributed by atoms with Crippen LogP contribution in [-0.4, -0.2) is 35.6 Å². The molecule has 33 heavy (non-hydrogen) atoms. The van der Waals surface area contributed by atoms with E-state index >= 15 is 0 Å². The quantitative estimate of drug-likeness (QED) is 0.563. The Labute approximate surface area is 192 Å². The van der Waals surface area contributed by atoms with Crippen LogP contribution in [0.4, 0.5) is 10.2 Å². The monoisotopic (exact) mass is 471 g/mol. The van der Waals surface area contributed by atoms with Crippen molar-refractivity contribution in [3.63, 3.8) is 0 Å². The number of rotatable bonds is 1. The van der Waals surface area contributed by atoms with Gasteiger partial charge in [-0.15, -0.1) is 0 Å². The SMILES string of the molecule is CC(C)c1cc(F)cc2c1CC(=O)NS(=O)(=O)c1cnn(c1)C(C)(C)CNc1cc-2ccn1. The maximum absolute atomic E-state index is 14.6. The normalized spacial score (nSPS) is 17.3. The Morgan fingerprint density at radius 2 is 1.97 bits per heavy atom. The number of aromatic nitrogens is 3. The van der Waals surface area contributed by atoms with Gasteiger partial charge in [-0.1, -0.05) is 13.8 Å². The molecule has 174 valence electrons. The van der Waals surface area contributed by atoms with Gasteiger partial charge in [0.05, 0.1) is 18.2 Å². The van der Waals surface area contributed by atoms with Gasteiger partial charge in [-0.05, 0) is 66.3 Å². The summed E-state index contributed by atoms with van der Waals surface area (Å²) < 4.78 is 43.9. The zero-order valence-corrected chi connectivity index (χ0v) is 19.7. The smallest absolute Gasteiger partial charge is 0.267 e. The predicted octanol–water partition coefficient (Wildman–Crippen LogP) is 3.42. The molecule has 4 rings (SSSR count). The van der Waals surface area contributed by atoms with Crippen molar-refractivity contribution in [1.29, 1.82) is 0 Å². The number of anilines is 1. The van der Waals surface area contributed by atoms with E-state index in [0.717, 1.165) is 0 Å². The Kier molecular flexibility index (Phi) is 5.73. The molecule has 0 aliphatic carbocycles. The van der Waals surface area contributed by atoms with E-state index in [0.29, 0.717) is 34.6 Å². The van der Waals surface area contributed by atoms with Crippen molar-refractivity contribution in [2.75, 3.05) is 11.9 Å². The van der Waals surface area contributed by atoms with Gasteiger partial charge in [-0.3, -0.25) is 9.48 Å². The highest BCUT2D eigenvalue weighted by Crippen LogP contribution is 2.33. The fourth-order valence-corrected chi connectivity index (χ4v) is 4.81. The van der Waals surface area contributed by atoms with Gasteiger partial charge in [0.1, 0.15) is 16.5 Å². The van der Waals surface area contributed by atoms with Gasteiger partial charge >= 0.3 is 0 Å². The summed E-state index contributed by atoms with van der Waals surface area (Å²) in [4.78, 5) is 17.1. The number of nitrogens with one attached hydrogen (secondary N) is 2. The van der Waals surface area contributed by atoms with Crippen LogP contribution in [0.5, 0.6) is 0 Å². The van der Waals surface area contributed by atoms with Crippen molar-refractivity contribution >= 4 is 21.7 Å². The van der Waals surface area contributed by atoms with Crippen molar-refractivity contribution in [3.05, 3.63) is 59.8 Å².